The standard InChI is InChI=1S/C13H23NO/c15-13-4-2-1-3-12(13)14(11-7-8-11)9-10-5-6-10/h10-13,15H,1-9H2. The van der Waals surface area contributed by atoms with Crippen LogP contribution >= 0.6 is 0 Å². The second-order valence-electron chi connectivity index (χ2n) is 5.79. The molecule has 0 radical (unpaired) electrons. The first-order chi connectivity index (χ1) is 7.34. The summed E-state index contributed by atoms with van der Waals surface area (Å²) in [5, 5.41) is 10.1. The zero-order valence-electron chi connectivity index (χ0n) is 9.57. The van der Waals surface area contributed by atoms with Crippen LogP contribution < -0.4 is 0 Å². The van der Waals surface area contributed by atoms with Gasteiger partial charge < -0.3 is 5.11 Å². The fraction of sp³-hybridized carbons (Fsp3) is 1.00. The first kappa shape index (κ1) is 10.1. The molecule has 15 heavy (non-hydrogen) atoms. The van der Waals surface area contributed by atoms with Gasteiger partial charge in [-0.3, -0.25) is 4.90 Å². The van der Waals surface area contributed by atoms with Crippen molar-refractivity contribution in [2.24, 2.45) is 5.92 Å². The molecule has 0 heterocycles. The maximum absolute atomic E-state index is 10.1. The number of hydrogen-bond acceptors (Lipinski definition) is 2. The molecule has 3 aliphatic carbocycles. The molecule has 2 unspecified atom stereocenters. The summed E-state index contributed by atoms with van der Waals surface area (Å²) in [6, 6.07) is 1.34. The minimum absolute atomic E-state index is 0.0295. The van der Waals surface area contributed by atoms with E-state index in [0.717, 1.165) is 18.4 Å². The highest BCUT2D eigenvalue weighted by Crippen LogP contribution is 2.38. The van der Waals surface area contributed by atoms with Crippen molar-refractivity contribution in [3.05, 3.63) is 0 Å². The summed E-state index contributed by atoms with van der Waals surface area (Å²) in [7, 11) is 0. The highest BCUT2D eigenvalue weighted by Gasteiger charge is 2.40. The van der Waals surface area contributed by atoms with E-state index in [4.69, 9.17) is 0 Å². The molecule has 3 aliphatic rings. The number of nitrogens with zero attached hydrogens (tertiary/aromatic N) is 1. The van der Waals surface area contributed by atoms with Crippen LogP contribution in [0.25, 0.3) is 0 Å². The number of aliphatic hydroxyl groups is 1. The van der Waals surface area contributed by atoms with Crippen molar-refractivity contribution >= 4 is 0 Å². The van der Waals surface area contributed by atoms with E-state index in [9.17, 15) is 5.11 Å². The SMILES string of the molecule is OC1CCCCC1N(CC1CC1)C1CC1. The van der Waals surface area contributed by atoms with Gasteiger partial charge >= 0.3 is 0 Å². The Bertz CT molecular complexity index is 223. The van der Waals surface area contributed by atoms with Crippen LogP contribution in [0.1, 0.15) is 51.4 Å². The van der Waals surface area contributed by atoms with Gasteiger partial charge in [0.05, 0.1) is 6.10 Å². The largest absolute Gasteiger partial charge is 0.391 e. The third-order valence-corrected chi connectivity index (χ3v) is 4.30. The van der Waals surface area contributed by atoms with Crippen LogP contribution in [0, 0.1) is 5.92 Å². The van der Waals surface area contributed by atoms with Gasteiger partial charge in [0.25, 0.3) is 0 Å². The van der Waals surface area contributed by atoms with Crippen LogP contribution in [0.15, 0.2) is 0 Å². The average molecular weight is 209 g/mol. The topological polar surface area (TPSA) is 23.5 Å². The molecule has 3 fully saturated rings. The minimum Gasteiger partial charge on any atom is -0.391 e. The molecule has 3 rings (SSSR count). The zero-order chi connectivity index (χ0) is 10.3. The number of aliphatic hydroxyl groups excluding tert-OH is 1. The van der Waals surface area contributed by atoms with E-state index < -0.39 is 0 Å². The lowest BCUT2D eigenvalue weighted by Crippen LogP contribution is -2.47. The van der Waals surface area contributed by atoms with Gasteiger partial charge in [-0.2, -0.15) is 0 Å². The fourth-order valence-corrected chi connectivity index (χ4v) is 3.04. The lowest BCUT2D eigenvalue weighted by Gasteiger charge is -2.38. The minimum atomic E-state index is -0.0295. The molecule has 0 spiro atoms. The zero-order valence-corrected chi connectivity index (χ0v) is 9.57. The molecule has 2 nitrogen and oxygen atoms in total. The molecule has 0 aromatic carbocycles. The predicted octanol–water partition coefficient (Wildman–Crippen LogP) is 2.16. The Labute approximate surface area is 92.7 Å². The molecule has 86 valence electrons. The molecular weight excluding hydrogens is 186 g/mol. The molecule has 2 heteroatoms. The van der Waals surface area contributed by atoms with Crippen molar-refractivity contribution < 1.29 is 5.11 Å². The van der Waals surface area contributed by atoms with E-state index >= 15 is 0 Å². The van der Waals surface area contributed by atoms with Gasteiger partial charge in [0.2, 0.25) is 0 Å². The van der Waals surface area contributed by atoms with Crippen LogP contribution in [0.5, 0.6) is 0 Å². The van der Waals surface area contributed by atoms with Gasteiger partial charge in [0.1, 0.15) is 0 Å². The molecule has 0 aromatic heterocycles. The quantitative estimate of drug-likeness (QED) is 0.767. The second kappa shape index (κ2) is 4.06. The van der Waals surface area contributed by atoms with E-state index in [-0.39, 0.29) is 6.10 Å². The highest BCUT2D eigenvalue weighted by molar-refractivity contribution is 4.95. The molecule has 2 atom stereocenters. The third kappa shape index (κ3) is 2.36. The normalized spacial score (nSPS) is 37.2. The van der Waals surface area contributed by atoms with Gasteiger partial charge in [-0.15, -0.1) is 0 Å². The highest BCUT2D eigenvalue weighted by atomic mass is 16.3. The smallest absolute Gasteiger partial charge is 0.0695 e. The number of rotatable bonds is 4. The summed E-state index contributed by atoms with van der Waals surface area (Å²) < 4.78 is 0. The van der Waals surface area contributed by atoms with Crippen molar-refractivity contribution in [3.63, 3.8) is 0 Å². The van der Waals surface area contributed by atoms with Crippen LogP contribution in [-0.2, 0) is 0 Å². The summed E-state index contributed by atoms with van der Waals surface area (Å²) in [5.41, 5.74) is 0. The maximum Gasteiger partial charge on any atom is 0.0695 e. The molecule has 1 N–H and O–H groups in total. The van der Waals surface area contributed by atoms with E-state index in [0.29, 0.717) is 6.04 Å². The molecular formula is C13H23NO. The van der Waals surface area contributed by atoms with Crippen LogP contribution in [-0.4, -0.2) is 34.7 Å². The summed E-state index contributed by atoms with van der Waals surface area (Å²) in [4.78, 5) is 2.67. The van der Waals surface area contributed by atoms with Crippen molar-refractivity contribution in [2.45, 2.75) is 69.6 Å². The molecule has 0 amide bonds. The Morgan fingerprint density at radius 1 is 0.933 bits per heavy atom. The summed E-state index contributed by atoms with van der Waals surface area (Å²) in [6.07, 6.45) is 10.5. The lowest BCUT2D eigenvalue weighted by atomic mass is 9.91. The monoisotopic (exact) mass is 209 g/mol. The van der Waals surface area contributed by atoms with Gasteiger partial charge in [-0.25, -0.2) is 0 Å². The Morgan fingerprint density at radius 3 is 2.27 bits per heavy atom. The average Bonchev–Trinajstić information content (AvgIpc) is 3.10. The van der Waals surface area contributed by atoms with Crippen molar-refractivity contribution in [1.29, 1.82) is 0 Å². The van der Waals surface area contributed by atoms with Crippen LogP contribution in [0.3, 0.4) is 0 Å². The van der Waals surface area contributed by atoms with Crippen molar-refractivity contribution in [3.8, 4) is 0 Å². The summed E-state index contributed by atoms with van der Waals surface area (Å²) >= 11 is 0. The maximum atomic E-state index is 10.1. The van der Waals surface area contributed by atoms with E-state index in [2.05, 4.69) is 4.90 Å². The van der Waals surface area contributed by atoms with E-state index in [1.54, 1.807) is 0 Å². The van der Waals surface area contributed by atoms with E-state index in [1.165, 1.54) is 51.5 Å². The van der Waals surface area contributed by atoms with E-state index in [1.807, 2.05) is 0 Å². The Hall–Kier alpha value is -0.0800. The molecule has 0 saturated heterocycles. The fourth-order valence-electron chi connectivity index (χ4n) is 3.04. The van der Waals surface area contributed by atoms with Crippen LogP contribution in [0.4, 0.5) is 0 Å². The first-order valence-electron chi connectivity index (χ1n) is 6.78. The van der Waals surface area contributed by atoms with Crippen LogP contribution in [0.2, 0.25) is 0 Å². The van der Waals surface area contributed by atoms with Crippen molar-refractivity contribution in [1.82, 2.24) is 4.90 Å². The molecule has 0 aromatic rings. The molecule has 0 bridgehead atoms. The molecule has 3 saturated carbocycles. The Kier molecular flexibility index (Phi) is 2.73. The summed E-state index contributed by atoms with van der Waals surface area (Å²) in [6.45, 7) is 1.28. The third-order valence-electron chi connectivity index (χ3n) is 4.30. The number of hydrogen-bond donors (Lipinski definition) is 1. The van der Waals surface area contributed by atoms with Gasteiger partial charge in [0, 0.05) is 18.6 Å². The molecule has 0 aliphatic heterocycles. The van der Waals surface area contributed by atoms with Crippen molar-refractivity contribution in [2.75, 3.05) is 6.54 Å². The predicted molar refractivity (Wildman–Crippen MR) is 60.7 cm³/mol. The summed E-state index contributed by atoms with van der Waals surface area (Å²) in [5.74, 6) is 0.972. The Balaban J connectivity index is 1.63. The van der Waals surface area contributed by atoms with Gasteiger partial charge in [-0.1, -0.05) is 12.8 Å². The van der Waals surface area contributed by atoms with Gasteiger partial charge in [-0.05, 0) is 44.4 Å². The Morgan fingerprint density at radius 2 is 1.67 bits per heavy atom. The first-order valence-corrected chi connectivity index (χ1v) is 6.78. The van der Waals surface area contributed by atoms with Gasteiger partial charge in [0.15, 0.2) is 0 Å². The second-order valence-corrected chi connectivity index (χ2v) is 5.79. The lowest BCUT2D eigenvalue weighted by molar-refractivity contribution is 0.0132.